The minimum absolute atomic E-state index is 0.0389. The van der Waals surface area contributed by atoms with E-state index in [2.05, 4.69) is 20.9 Å². The third-order valence-electron chi connectivity index (χ3n) is 4.27. The maximum atomic E-state index is 12.8. The molecule has 8 heteroatoms. The highest BCUT2D eigenvalue weighted by Crippen LogP contribution is 2.22. The number of imidazole rings is 1. The summed E-state index contributed by atoms with van der Waals surface area (Å²) in [5, 5.41) is 0. The standard InChI is InChI=1S/C21H27BrN2O5/c1-4-6-12-28-19(25)17-18(20(26)29-13-7-5-2)24(21(22)23-17)14-15-8-10-16(27-3)11-9-15/h8-11H,4-7,12-14H2,1-3H3. The molecule has 0 N–H and O–H groups in total. The number of esters is 2. The Morgan fingerprint density at radius 2 is 1.59 bits per heavy atom. The molecule has 0 amide bonds. The van der Waals surface area contributed by atoms with Gasteiger partial charge < -0.3 is 18.8 Å². The highest BCUT2D eigenvalue weighted by Gasteiger charge is 2.29. The second kappa shape index (κ2) is 11.6. The summed E-state index contributed by atoms with van der Waals surface area (Å²) in [6.07, 6.45) is 3.29. The van der Waals surface area contributed by atoms with Crippen molar-refractivity contribution in [3.05, 3.63) is 46.0 Å². The number of carbonyl (C=O) groups is 2. The first kappa shape index (κ1) is 22.9. The minimum atomic E-state index is -0.630. The van der Waals surface area contributed by atoms with Crippen LogP contribution in [0.5, 0.6) is 5.75 Å². The number of benzene rings is 1. The van der Waals surface area contributed by atoms with Crippen molar-refractivity contribution in [3.63, 3.8) is 0 Å². The van der Waals surface area contributed by atoms with Crippen LogP contribution in [0.2, 0.25) is 0 Å². The van der Waals surface area contributed by atoms with Crippen molar-refractivity contribution in [1.82, 2.24) is 9.55 Å². The van der Waals surface area contributed by atoms with Crippen LogP contribution < -0.4 is 4.74 Å². The van der Waals surface area contributed by atoms with Crippen LogP contribution in [0.15, 0.2) is 29.0 Å². The topological polar surface area (TPSA) is 79.6 Å². The molecule has 29 heavy (non-hydrogen) atoms. The molecule has 0 aliphatic carbocycles. The number of aromatic nitrogens is 2. The molecule has 0 saturated carbocycles. The van der Waals surface area contributed by atoms with Crippen LogP contribution in [0.1, 0.15) is 66.1 Å². The third kappa shape index (κ3) is 6.32. The van der Waals surface area contributed by atoms with E-state index in [9.17, 15) is 9.59 Å². The van der Waals surface area contributed by atoms with Gasteiger partial charge in [-0.3, -0.25) is 0 Å². The first-order chi connectivity index (χ1) is 14.0. The molecule has 0 atom stereocenters. The number of carbonyl (C=O) groups excluding carboxylic acids is 2. The van der Waals surface area contributed by atoms with Crippen LogP contribution in [0, 0.1) is 0 Å². The van der Waals surface area contributed by atoms with Crippen LogP contribution in [-0.2, 0) is 16.0 Å². The molecule has 158 valence electrons. The number of hydrogen-bond donors (Lipinski definition) is 0. The van der Waals surface area contributed by atoms with Gasteiger partial charge in [-0.15, -0.1) is 0 Å². The molecule has 0 bridgehead atoms. The van der Waals surface area contributed by atoms with Crippen LogP contribution >= 0.6 is 15.9 Å². The number of hydrogen-bond acceptors (Lipinski definition) is 6. The molecule has 0 unspecified atom stereocenters. The van der Waals surface area contributed by atoms with Crippen molar-refractivity contribution >= 4 is 27.9 Å². The average molecular weight is 467 g/mol. The van der Waals surface area contributed by atoms with Crippen molar-refractivity contribution in [3.8, 4) is 5.75 Å². The lowest BCUT2D eigenvalue weighted by Gasteiger charge is -2.11. The average Bonchev–Trinajstić information content (AvgIpc) is 3.05. The number of nitrogens with zero attached hydrogens (tertiary/aromatic N) is 2. The molecule has 0 aliphatic heterocycles. The molecular formula is C21H27BrN2O5. The van der Waals surface area contributed by atoms with E-state index in [1.807, 2.05) is 38.1 Å². The molecule has 2 aromatic rings. The number of rotatable bonds is 11. The van der Waals surface area contributed by atoms with E-state index in [1.54, 1.807) is 11.7 Å². The number of unbranched alkanes of at least 4 members (excludes halogenated alkanes) is 2. The molecule has 1 aromatic carbocycles. The van der Waals surface area contributed by atoms with Crippen molar-refractivity contribution in [2.24, 2.45) is 0 Å². The summed E-state index contributed by atoms with van der Waals surface area (Å²) < 4.78 is 17.8. The monoisotopic (exact) mass is 466 g/mol. The number of ether oxygens (including phenoxy) is 3. The van der Waals surface area contributed by atoms with Gasteiger partial charge in [0, 0.05) is 0 Å². The van der Waals surface area contributed by atoms with Gasteiger partial charge >= 0.3 is 11.9 Å². The van der Waals surface area contributed by atoms with E-state index in [0.717, 1.165) is 37.0 Å². The molecule has 0 spiro atoms. The fourth-order valence-electron chi connectivity index (χ4n) is 2.59. The molecule has 0 aliphatic rings. The molecule has 7 nitrogen and oxygen atoms in total. The molecule has 2 rings (SSSR count). The van der Waals surface area contributed by atoms with Gasteiger partial charge in [0.2, 0.25) is 0 Å². The van der Waals surface area contributed by atoms with Gasteiger partial charge in [-0.2, -0.15) is 0 Å². The maximum absolute atomic E-state index is 12.8. The highest BCUT2D eigenvalue weighted by atomic mass is 79.9. The normalized spacial score (nSPS) is 10.6. The van der Waals surface area contributed by atoms with E-state index in [0.29, 0.717) is 11.3 Å². The lowest BCUT2D eigenvalue weighted by atomic mass is 10.2. The fourth-order valence-corrected chi connectivity index (χ4v) is 3.07. The SMILES string of the molecule is CCCCOC(=O)c1nc(Br)n(Cc2ccc(OC)cc2)c1C(=O)OCCCC. The molecule has 0 saturated heterocycles. The molecule has 1 aromatic heterocycles. The van der Waals surface area contributed by atoms with Crippen LogP contribution in [0.25, 0.3) is 0 Å². The summed E-state index contributed by atoms with van der Waals surface area (Å²) in [6.45, 7) is 4.91. The zero-order chi connectivity index (χ0) is 21.2. The summed E-state index contributed by atoms with van der Waals surface area (Å²) >= 11 is 3.37. The lowest BCUT2D eigenvalue weighted by Crippen LogP contribution is -2.19. The smallest absolute Gasteiger partial charge is 0.359 e. The molecule has 0 radical (unpaired) electrons. The zero-order valence-electron chi connectivity index (χ0n) is 17.1. The fraction of sp³-hybridized carbons (Fsp3) is 0.476. The van der Waals surface area contributed by atoms with E-state index in [-0.39, 0.29) is 24.6 Å². The summed E-state index contributed by atoms with van der Waals surface area (Å²) in [6, 6.07) is 7.44. The van der Waals surface area contributed by atoms with Gasteiger partial charge in [-0.05, 0) is 46.5 Å². The zero-order valence-corrected chi connectivity index (χ0v) is 18.7. The largest absolute Gasteiger partial charge is 0.497 e. The summed E-state index contributed by atoms with van der Waals surface area (Å²) in [5.41, 5.74) is 0.964. The van der Waals surface area contributed by atoms with E-state index in [4.69, 9.17) is 14.2 Å². The highest BCUT2D eigenvalue weighted by molar-refractivity contribution is 9.10. The Morgan fingerprint density at radius 3 is 2.14 bits per heavy atom. The van der Waals surface area contributed by atoms with E-state index < -0.39 is 11.9 Å². The molecule has 0 fully saturated rings. The Balaban J connectivity index is 2.34. The van der Waals surface area contributed by atoms with Gasteiger partial charge in [0.15, 0.2) is 16.1 Å². The Bertz CT molecular complexity index is 817. The third-order valence-corrected chi connectivity index (χ3v) is 4.87. The first-order valence-electron chi connectivity index (χ1n) is 9.74. The van der Waals surface area contributed by atoms with Crippen LogP contribution in [0.4, 0.5) is 0 Å². The Morgan fingerprint density at radius 1 is 1.00 bits per heavy atom. The van der Waals surface area contributed by atoms with Crippen LogP contribution in [0.3, 0.4) is 0 Å². The Hall–Kier alpha value is -2.35. The predicted octanol–water partition coefficient (Wildman–Crippen LogP) is 4.62. The van der Waals surface area contributed by atoms with Gasteiger partial charge in [0.05, 0.1) is 26.9 Å². The minimum Gasteiger partial charge on any atom is -0.497 e. The number of methoxy groups -OCH3 is 1. The van der Waals surface area contributed by atoms with Gasteiger partial charge in [0.25, 0.3) is 0 Å². The van der Waals surface area contributed by atoms with Crippen molar-refractivity contribution in [1.29, 1.82) is 0 Å². The lowest BCUT2D eigenvalue weighted by molar-refractivity contribution is 0.0441. The summed E-state index contributed by atoms with van der Waals surface area (Å²) in [7, 11) is 1.60. The van der Waals surface area contributed by atoms with Crippen molar-refractivity contribution in [2.75, 3.05) is 20.3 Å². The summed E-state index contributed by atoms with van der Waals surface area (Å²) in [5.74, 6) is -0.486. The quantitative estimate of drug-likeness (QED) is 0.355. The van der Waals surface area contributed by atoms with Gasteiger partial charge in [-0.25, -0.2) is 14.6 Å². The van der Waals surface area contributed by atoms with E-state index in [1.165, 1.54) is 0 Å². The Kier molecular flexibility index (Phi) is 9.18. The molecular weight excluding hydrogens is 440 g/mol. The number of halogens is 1. The first-order valence-corrected chi connectivity index (χ1v) is 10.5. The van der Waals surface area contributed by atoms with E-state index >= 15 is 0 Å². The summed E-state index contributed by atoms with van der Waals surface area (Å²) in [4.78, 5) is 29.5. The van der Waals surface area contributed by atoms with Gasteiger partial charge in [-0.1, -0.05) is 38.8 Å². The Labute approximate surface area is 179 Å². The second-order valence-corrected chi connectivity index (χ2v) is 7.20. The predicted molar refractivity (Wildman–Crippen MR) is 112 cm³/mol. The van der Waals surface area contributed by atoms with Crippen molar-refractivity contribution in [2.45, 2.75) is 46.1 Å². The second-order valence-electron chi connectivity index (χ2n) is 6.49. The van der Waals surface area contributed by atoms with Crippen LogP contribution in [-0.4, -0.2) is 41.8 Å². The molecule has 1 heterocycles. The van der Waals surface area contributed by atoms with Gasteiger partial charge in [0.1, 0.15) is 5.75 Å². The maximum Gasteiger partial charge on any atom is 0.359 e. The van der Waals surface area contributed by atoms with Crippen molar-refractivity contribution < 1.29 is 23.8 Å².